The maximum Gasteiger partial charge on any atom is 0.182 e. The van der Waals surface area contributed by atoms with Gasteiger partial charge in [-0.25, -0.2) is 9.13 Å². The summed E-state index contributed by atoms with van der Waals surface area (Å²) in [6, 6.07) is 42.1. The first-order valence-electron chi connectivity index (χ1n) is 14.2. The smallest absolute Gasteiger partial charge is 0.182 e. The van der Waals surface area contributed by atoms with Crippen molar-refractivity contribution in [2.75, 3.05) is 0 Å². The number of benzene rings is 3. The van der Waals surface area contributed by atoms with E-state index in [1.54, 1.807) is 0 Å². The van der Waals surface area contributed by atoms with E-state index in [1.807, 2.05) is 0 Å². The van der Waals surface area contributed by atoms with E-state index in [1.165, 1.54) is 50.6 Å². The standard InChI is InChI=1S/C37H40N2/c1-29-25-33(26-35(38(29)2)22-19-30-13-7-4-8-14-30)34-27-36(23-20-31-15-9-5-10-16-31)39(3)37(28-34)24-21-32-17-11-6-12-18-32/h4-18,25-28H,19-24H2,1-3H3/q+2. The van der Waals surface area contributed by atoms with Crippen molar-refractivity contribution in [3.05, 3.63) is 155 Å². The molecule has 5 rings (SSSR count). The number of nitrogens with zero attached hydrogens (tertiary/aromatic N) is 2. The molecule has 0 amide bonds. The van der Waals surface area contributed by atoms with Crippen LogP contribution < -0.4 is 9.13 Å². The molecule has 0 aliphatic rings. The average molecular weight is 513 g/mol. The molecule has 0 fully saturated rings. The summed E-state index contributed by atoms with van der Waals surface area (Å²) in [6.07, 6.45) is 6.20. The summed E-state index contributed by atoms with van der Waals surface area (Å²) in [5.74, 6) is 0. The predicted molar refractivity (Wildman–Crippen MR) is 161 cm³/mol. The van der Waals surface area contributed by atoms with Gasteiger partial charge in [-0.05, 0) is 47.1 Å². The SMILES string of the molecule is Cc1cc(-c2cc(CCc3ccccc3)[n+](C)c(CCc3ccccc3)c2)cc(CCc2ccccc2)[n+]1C. The lowest BCUT2D eigenvalue weighted by molar-refractivity contribution is -0.686. The Bertz CT molecular complexity index is 1440. The number of hydrogen-bond acceptors (Lipinski definition) is 0. The van der Waals surface area contributed by atoms with Gasteiger partial charge in [0, 0.05) is 50.5 Å². The highest BCUT2D eigenvalue weighted by atomic mass is 14.9. The van der Waals surface area contributed by atoms with Crippen LogP contribution in [0.4, 0.5) is 0 Å². The molecule has 0 atom stereocenters. The molecule has 0 spiro atoms. The number of aryl methyl sites for hydroxylation is 7. The van der Waals surface area contributed by atoms with Crippen molar-refractivity contribution in [3.8, 4) is 11.1 Å². The van der Waals surface area contributed by atoms with Gasteiger partial charge in [0.2, 0.25) is 0 Å². The first kappa shape index (κ1) is 26.6. The minimum Gasteiger partial charge on any atom is -0.203 e. The fourth-order valence-corrected chi connectivity index (χ4v) is 5.45. The monoisotopic (exact) mass is 512 g/mol. The summed E-state index contributed by atoms with van der Waals surface area (Å²) in [6.45, 7) is 2.23. The molecular formula is C37H40N2+2. The molecule has 0 saturated carbocycles. The van der Waals surface area contributed by atoms with Crippen LogP contribution in [0.1, 0.15) is 39.5 Å². The zero-order valence-corrected chi connectivity index (χ0v) is 23.6. The largest absolute Gasteiger partial charge is 0.203 e. The van der Waals surface area contributed by atoms with Crippen molar-refractivity contribution in [1.29, 1.82) is 0 Å². The fraction of sp³-hybridized carbons (Fsp3) is 0.243. The van der Waals surface area contributed by atoms with Crippen LogP contribution in [0.3, 0.4) is 0 Å². The molecule has 0 unspecified atom stereocenters. The fourth-order valence-electron chi connectivity index (χ4n) is 5.45. The quantitative estimate of drug-likeness (QED) is 0.185. The lowest BCUT2D eigenvalue weighted by Crippen LogP contribution is -2.39. The molecule has 2 aromatic heterocycles. The Morgan fingerprint density at radius 1 is 0.410 bits per heavy atom. The van der Waals surface area contributed by atoms with Gasteiger partial charge in [-0.2, -0.15) is 0 Å². The molecule has 196 valence electrons. The second kappa shape index (κ2) is 12.7. The summed E-state index contributed by atoms with van der Waals surface area (Å²) in [5.41, 5.74) is 12.2. The third-order valence-corrected chi connectivity index (χ3v) is 8.02. The van der Waals surface area contributed by atoms with E-state index in [0.29, 0.717) is 0 Å². The molecule has 39 heavy (non-hydrogen) atoms. The molecule has 0 aliphatic heterocycles. The molecule has 5 aromatic rings. The predicted octanol–water partition coefficient (Wildman–Crippen LogP) is 6.67. The van der Waals surface area contributed by atoms with Crippen LogP contribution in [0.15, 0.2) is 115 Å². The van der Waals surface area contributed by atoms with Crippen molar-refractivity contribution < 1.29 is 9.13 Å². The van der Waals surface area contributed by atoms with Crippen LogP contribution in [-0.4, -0.2) is 0 Å². The van der Waals surface area contributed by atoms with Crippen LogP contribution >= 0.6 is 0 Å². The third-order valence-electron chi connectivity index (χ3n) is 8.02. The zero-order chi connectivity index (χ0) is 27.0. The van der Waals surface area contributed by atoms with Gasteiger partial charge in [0.25, 0.3) is 0 Å². The van der Waals surface area contributed by atoms with Crippen LogP contribution in [0.25, 0.3) is 11.1 Å². The van der Waals surface area contributed by atoms with E-state index < -0.39 is 0 Å². The first-order valence-corrected chi connectivity index (χ1v) is 14.2. The molecule has 0 radical (unpaired) electrons. The topological polar surface area (TPSA) is 7.76 Å². The summed E-state index contributed by atoms with van der Waals surface area (Å²) >= 11 is 0. The zero-order valence-electron chi connectivity index (χ0n) is 23.6. The van der Waals surface area contributed by atoms with Gasteiger partial charge in [-0.1, -0.05) is 91.0 Å². The van der Waals surface area contributed by atoms with E-state index in [4.69, 9.17) is 0 Å². The van der Waals surface area contributed by atoms with Crippen LogP contribution in [0.5, 0.6) is 0 Å². The Morgan fingerprint density at radius 3 is 1.13 bits per heavy atom. The number of rotatable bonds is 10. The number of hydrogen-bond donors (Lipinski definition) is 0. The number of pyridine rings is 2. The normalized spacial score (nSPS) is 11.1. The van der Waals surface area contributed by atoms with E-state index in [0.717, 1.165) is 38.5 Å². The van der Waals surface area contributed by atoms with Crippen LogP contribution in [0, 0.1) is 6.92 Å². The molecule has 3 aromatic carbocycles. The Kier molecular flexibility index (Phi) is 8.63. The summed E-state index contributed by atoms with van der Waals surface area (Å²) in [4.78, 5) is 0. The maximum atomic E-state index is 2.43. The van der Waals surface area contributed by atoms with E-state index >= 15 is 0 Å². The van der Waals surface area contributed by atoms with E-state index in [9.17, 15) is 0 Å². The van der Waals surface area contributed by atoms with Gasteiger partial charge < -0.3 is 0 Å². The van der Waals surface area contributed by atoms with Gasteiger partial charge >= 0.3 is 0 Å². The van der Waals surface area contributed by atoms with Crippen molar-refractivity contribution in [1.82, 2.24) is 0 Å². The second-order valence-electron chi connectivity index (χ2n) is 10.7. The van der Waals surface area contributed by atoms with Crippen molar-refractivity contribution in [2.24, 2.45) is 14.1 Å². The minimum atomic E-state index is 1.02. The average Bonchev–Trinajstić information content (AvgIpc) is 2.98. The summed E-state index contributed by atoms with van der Waals surface area (Å²) < 4.78 is 4.78. The van der Waals surface area contributed by atoms with Gasteiger partial charge in [-0.3, -0.25) is 0 Å². The molecular weight excluding hydrogens is 472 g/mol. The van der Waals surface area contributed by atoms with Gasteiger partial charge in [0.05, 0.1) is 0 Å². The number of aromatic nitrogens is 2. The lowest BCUT2D eigenvalue weighted by atomic mass is 9.98. The molecule has 0 aliphatic carbocycles. The first-order chi connectivity index (χ1) is 19.1. The Morgan fingerprint density at radius 2 is 0.744 bits per heavy atom. The van der Waals surface area contributed by atoms with E-state index in [-0.39, 0.29) is 0 Å². The highest BCUT2D eigenvalue weighted by molar-refractivity contribution is 5.64. The molecule has 2 heterocycles. The van der Waals surface area contributed by atoms with Gasteiger partial charge in [0.15, 0.2) is 22.8 Å². The molecule has 2 heteroatoms. The third kappa shape index (κ3) is 6.89. The Balaban J connectivity index is 1.48. The second-order valence-corrected chi connectivity index (χ2v) is 10.7. The summed E-state index contributed by atoms with van der Waals surface area (Å²) in [7, 11) is 4.44. The molecule has 2 nitrogen and oxygen atoms in total. The van der Waals surface area contributed by atoms with Crippen molar-refractivity contribution in [2.45, 2.75) is 45.4 Å². The molecule has 0 N–H and O–H groups in total. The van der Waals surface area contributed by atoms with Gasteiger partial charge in [0.1, 0.15) is 14.1 Å². The molecule has 0 bridgehead atoms. The Hall–Kier alpha value is -4.04. The molecule has 0 saturated heterocycles. The lowest BCUT2D eigenvalue weighted by Gasteiger charge is -2.12. The summed E-state index contributed by atoms with van der Waals surface area (Å²) in [5, 5.41) is 0. The minimum absolute atomic E-state index is 1.02. The Labute approximate surface area is 234 Å². The van der Waals surface area contributed by atoms with Crippen LogP contribution in [0.2, 0.25) is 0 Å². The maximum absolute atomic E-state index is 2.43. The van der Waals surface area contributed by atoms with E-state index in [2.05, 4.69) is 145 Å². The van der Waals surface area contributed by atoms with Crippen LogP contribution in [-0.2, 0) is 52.6 Å². The van der Waals surface area contributed by atoms with Crippen molar-refractivity contribution in [3.63, 3.8) is 0 Å². The van der Waals surface area contributed by atoms with Gasteiger partial charge in [-0.15, -0.1) is 0 Å². The highest BCUT2D eigenvalue weighted by Gasteiger charge is 2.19. The highest BCUT2D eigenvalue weighted by Crippen LogP contribution is 2.24. The van der Waals surface area contributed by atoms with Crippen molar-refractivity contribution >= 4 is 0 Å².